The average molecular weight is 219 g/mol. The van der Waals surface area contributed by atoms with Crippen LogP contribution in [0.25, 0.3) is 0 Å². The van der Waals surface area contributed by atoms with E-state index < -0.39 is 0 Å². The van der Waals surface area contributed by atoms with Gasteiger partial charge in [0.15, 0.2) is 0 Å². The highest BCUT2D eigenvalue weighted by Gasteiger charge is 2.35. The van der Waals surface area contributed by atoms with Gasteiger partial charge in [-0.15, -0.1) is 0 Å². The van der Waals surface area contributed by atoms with Gasteiger partial charge in [0.05, 0.1) is 0 Å². The Bertz CT molecular complexity index is 369. The molecule has 3 fully saturated rings. The second kappa shape index (κ2) is 4.17. The summed E-state index contributed by atoms with van der Waals surface area (Å²) < 4.78 is 13.6. The number of rotatable bonds is 2. The third-order valence-corrected chi connectivity index (χ3v) is 4.20. The van der Waals surface area contributed by atoms with Crippen LogP contribution in [0.1, 0.15) is 24.8 Å². The van der Waals surface area contributed by atoms with E-state index in [0.29, 0.717) is 12.0 Å². The predicted molar refractivity (Wildman–Crippen MR) is 62.7 cm³/mol. The number of nitrogens with one attached hydrogen (secondary N) is 1. The Labute approximate surface area is 96.1 Å². The number of halogens is 1. The number of benzene rings is 1. The molecule has 2 heterocycles. The molecule has 2 bridgehead atoms. The van der Waals surface area contributed by atoms with Gasteiger partial charge in [-0.2, -0.15) is 0 Å². The fraction of sp³-hybridized carbons (Fsp3) is 0.571. The first-order chi connectivity index (χ1) is 7.83. The van der Waals surface area contributed by atoms with Crippen LogP contribution in [0.4, 0.5) is 4.39 Å². The van der Waals surface area contributed by atoms with Crippen LogP contribution in [0.5, 0.6) is 0 Å². The van der Waals surface area contributed by atoms with Gasteiger partial charge in [-0.05, 0) is 55.7 Å². The van der Waals surface area contributed by atoms with E-state index >= 15 is 0 Å². The number of fused-ring (bicyclic) bond motifs is 3. The van der Waals surface area contributed by atoms with E-state index in [1.54, 1.807) is 12.1 Å². The molecule has 0 radical (unpaired) electrons. The minimum absolute atomic E-state index is 0.0380. The van der Waals surface area contributed by atoms with Gasteiger partial charge in [-0.3, -0.25) is 0 Å². The van der Waals surface area contributed by atoms with Crippen molar-refractivity contribution in [3.05, 3.63) is 35.6 Å². The second-order valence-electron chi connectivity index (χ2n) is 5.25. The molecule has 1 saturated carbocycles. The third kappa shape index (κ3) is 1.86. The van der Waals surface area contributed by atoms with E-state index in [1.807, 2.05) is 12.1 Å². The number of hydrogen-bond donors (Lipinski definition) is 1. The predicted octanol–water partition coefficient (Wildman–Crippen LogP) is 2.76. The van der Waals surface area contributed by atoms with Crippen molar-refractivity contribution in [2.45, 2.75) is 31.7 Å². The lowest BCUT2D eigenvalue weighted by Gasteiger charge is -2.43. The number of piperidine rings is 2. The summed E-state index contributed by atoms with van der Waals surface area (Å²) in [6, 6.07) is 7.84. The molecule has 3 unspecified atom stereocenters. The van der Waals surface area contributed by atoms with E-state index in [2.05, 4.69) is 5.32 Å². The molecule has 0 spiro atoms. The lowest BCUT2D eigenvalue weighted by atomic mass is 9.72. The summed E-state index contributed by atoms with van der Waals surface area (Å²) in [4.78, 5) is 0. The van der Waals surface area contributed by atoms with Gasteiger partial charge < -0.3 is 5.32 Å². The van der Waals surface area contributed by atoms with Crippen molar-refractivity contribution in [2.24, 2.45) is 11.8 Å². The molecule has 1 aromatic rings. The zero-order chi connectivity index (χ0) is 11.0. The minimum atomic E-state index is -0.0380. The summed E-state index contributed by atoms with van der Waals surface area (Å²) in [5.74, 6) is 1.44. The van der Waals surface area contributed by atoms with Gasteiger partial charge in [0.25, 0.3) is 0 Å². The summed E-state index contributed by atoms with van der Waals surface area (Å²) in [5, 5.41) is 3.59. The molecule has 3 atom stereocenters. The first-order valence-corrected chi connectivity index (χ1v) is 6.29. The molecule has 0 aromatic heterocycles. The maximum Gasteiger partial charge on any atom is 0.126 e. The Kier molecular flexibility index (Phi) is 2.68. The molecular formula is C14H18FN. The molecule has 1 aliphatic carbocycles. The van der Waals surface area contributed by atoms with Crippen molar-refractivity contribution >= 4 is 0 Å². The van der Waals surface area contributed by atoms with E-state index in [1.165, 1.54) is 25.8 Å². The smallest absolute Gasteiger partial charge is 0.126 e. The van der Waals surface area contributed by atoms with Gasteiger partial charge >= 0.3 is 0 Å². The summed E-state index contributed by atoms with van der Waals surface area (Å²) >= 11 is 0. The molecule has 2 aliphatic heterocycles. The summed E-state index contributed by atoms with van der Waals surface area (Å²) in [6.07, 6.45) is 4.84. The second-order valence-corrected chi connectivity index (χ2v) is 5.25. The van der Waals surface area contributed by atoms with Crippen LogP contribution in [0.3, 0.4) is 0 Å². The standard InChI is InChI=1S/C14H18FN/c15-13-4-2-1-3-11(13)8-12-7-10-5-6-14(12)16-9-10/h1-4,10,12,14,16H,5-9H2. The maximum absolute atomic E-state index is 13.6. The van der Waals surface area contributed by atoms with Gasteiger partial charge in [-0.1, -0.05) is 18.2 Å². The lowest BCUT2D eigenvalue weighted by Crippen LogP contribution is -2.50. The Morgan fingerprint density at radius 2 is 2.12 bits per heavy atom. The Hall–Kier alpha value is -0.890. The summed E-state index contributed by atoms with van der Waals surface area (Å²) in [5.41, 5.74) is 0.891. The van der Waals surface area contributed by atoms with Gasteiger partial charge in [0, 0.05) is 6.04 Å². The Balaban J connectivity index is 1.73. The zero-order valence-corrected chi connectivity index (χ0v) is 9.45. The molecule has 1 N–H and O–H groups in total. The van der Waals surface area contributed by atoms with E-state index in [4.69, 9.17) is 0 Å². The molecule has 16 heavy (non-hydrogen) atoms. The van der Waals surface area contributed by atoms with Crippen LogP contribution in [-0.2, 0) is 6.42 Å². The van der Waals surface area contributed by atoms with Gasteiger partial charge in [0.2, 0.25) is 0 Å². The van der Waals surface area contributed by atoms with Crippen molar-refractivity contribution in [1.82, 2.24) is 5.32 Å². The summed E-state index contributed by atoms with van der Waals surface area (Å²) in [6.45, 7) is 1.18. The quantitative estimate of drug-likeness (QED) is 0.806. The van der Waals surface area contributed by atoms with Crippen molar-refractivity contribution in [1.29, 1.82) is 0 Å². The fourth-order valence-corrected chi connectivity index (χ4v) is 3.31. The van der Waals surface area contributed by atoms with Crippen molar-refractivity contribution in [2.75, 3.05) is 6.54 Å². The lowest BCUT2D eigenvalue weighted by molar-refractivity contribution is 0.137. The molecular weight excluding hydrogens is 201 g/mol. The fourth-order valence-electron chi connectivity index (χ4n) is 3.31. The molecule has 86 valence electrons. The topological polar surface area (TPSA) is 12.0 Å². The first-order valence-electron chi connectivity index (χ1n) is 6.29. The van der Waals surface area contributed by atoms with Gasteiger partial charge in [-0.25, -0.2) is 4.39 Å². The van der Waals surface area contributed by atoms with Crippen LogP contribution in [0, 0.1) is 17.7 Å². The molecule has 1 nitrogen and oxygen atoms in total. The van der Waals surface area contributed by atoms with Crippen molar-refractivity contribution in [3.8, 4) is 0 Å². The van der Waals surface area contributed by atoms with Crippen LogP contribution in [0.2, 0.25) is 0 Å². The third-order valence-electron chi connectivity index (χ3n) is 4.20. The first kappa shape index (κ1) is 10.3. The Morgan fingerprint density at radius 3 is 2.75 bits per heavy atom. The monoisotopic (exact) mass is 219 g/mol. The molecule has 2 heteroatoms. The minimum Gasteiger partial charge on any atom is -0.313 e. The van der Waals surface area contributed by atoms with Crippen LogP contribution in [0.15, 0.2) is 24.3 Å². The molecule has 4 rings (SSSR count). The van der Waals surface area contributed by atoms with Crippen LogP contribution < -0.4 is 5.32 Å². The highest BCUT2D eigenvalue weighted by molar-refractivity contribution is 5.18. The maximum atomic E-state index is 13.6. The largest absolute Gasteiger partial charge is 0.313 e. The van der Waals surface area contributed by atoms with Gasteiger partial charge in [0.1, 0.15) is 5.82 Å². The number of hydrogen-bond acceptors (Lipinski definition) is 1. The average Bonchev–Trinajstić information content (AvgIpc) is 2.34. The highest BCUT2D eigenvalue weighted by Crippen LogP contribution is 2.35. The molecule has 2 saturated heterocycles. The van der Waals surface area contributed by atoms with Crippen molar-refractivity contribution < 1.29 is 4.39 Å². The van der Waals surface area contributed by atoms with Crippen LogP contribution >= 0.6 is 0 Å². The van der Waals surface area contributed by atoms with E-state index in [-0.39, 0.29) is 5.82 Å². The highest BCUT2D eigenvalue weighted by atomic mass is 19.1. The molecule has 3 aliphatic rings. The van der Waals surface area contributed by atoms with E-state index in [9.17, 15) is 4.39 Å². The van der Waals surface area contributed by atoms with Crippen LogP contribution in [-0.4, -0.2) is 12.6 Å². The summed E-state index contributed by atoms with van der Waals surface area (Å²) in [7, 11) is 0. The van der Waals surface area contributed by atoms with Crippen molar-refractivity contribution in [3.63, 3.8) is 0 Å². The SMILES string of the molecule is Fc1ccccc1CC1CC2CCC1NC2. The van der Waals surface area contributed by atoms with E-state index in [0.717, 1.165) is 17.9 Å². The molecule has 1 aromatic carbocycles. The molecule has 0 amide bonds. The zero-order valence-electron chi connectivity index (χ0n) is 9.45. The normalized spacial score (nSPS) is 32.9. The Morgan fingerprint density at radius 1 is 1.25 bits per heavy atom.